The first-order chi connectivity index (χ1) is 8.20. The fraction of sp³-hybridized carbons (Fsp3) is 0.231. The molecule has 0 aliphatic heterocycles. The van der Waals surface area contributed by atoms with Gasteiger partial charge in [0.05, 0.1) is 12.3 Å². The molecule has 0 aliphatic carbocycles. The zero-order valence-electron chi connectivity index (χ0n) is 9.61. The third-order valence-corrected chi connectivity index (χ3v) is 2.80. The second-order valence-corrected chi connectivity index (χ2v) is 3.99. The molecule has 90 valence electrons. The van der Waals surface area contributed by atoms with Crippen LogP contribution in [0.2, 0.25) is 0 Å². The summed E-state index contributed by atoms with van der Waals surface area (Å²) in [6, 6.07) is 8.32. The smallest absolute Gasteiger partial charge is 0.123 e. The van der Waals surface area contributed by atoms with Gasteiger partial charge in [0, 0.05) is 5.56 Å². The Balaban J connectivity index is 2.19. The number of hydrogen-bond acceptors (Lipinski definition) is 3. The van der Waals surface area contributed by atoms with Gasteiger partial charge >= 0.3 is 0 Å². The molecule has 1 unspecified atom stereocenters. The molecular weight excluding hydrogens is 219 g/mol. The van der Waals surface area contributed by atoms with Gasteiger partial charge in [0.1, 0.15) is 11.6 Å². The average molecular weight is 234 g/mol. The van der Waals surface area contributed by atoms with E-state index in [0.29, 0.717) is 6.42 Å². The van der Waals surface area contributed by atoms with Crippen molar-refractivity contribution in [3.05, 3.63) is 59.3 Å². The molecule has 0 saturated carbocycles. The lowest BCUT2D eigenvalue weighted by atomic mass is 10.00. The van der Waals surface area contributed by atoms with Gasteiger partial charge in [-0.05, 0) is 37.1 Å². The second kappa shape index (κ2) is 5.12. The molecule has 2 rings (SSSR count). The van der Waals surface area contributed by atoms with Crippen molar-refractivity contribution >= 4 is 0 Å². The van der Waals surface area contributed by atoms with Gasteiger partial charge in [-0.1, -0.05) is 12.1 Å². The fourth-order valence-corrected chi connectivity index (χ4v) is 1.91. The highest BCUT2D eigenvalue weighted by Crippen LogP contribution is 2.22. The normalized spacial score (nSPS) is 12.6. The average Bonchev–Trinajstić information content (AvgIpc) is 2.72. The van der Waals surface area contributed by atoms with E-state index in [1.165, 1.54) is 12.1 Å². The molecule has 1 aromatic carbocycles. The number of nitrogens with one attached hydrogen (secondary N) is 1. The maximum atomic E-state index is 13.1. The van der Waals surface area contributed by atoms with Crippen LogP contribution in [0.25, 0.3) is 0 Å². The van der Waals surface area contributed by atoms with Gasteiger partial charge in [0.2, 0.25) is 0 Å². The molecular formula is C13H15FN2O. The summed E-state index contributed by atoms with van der Waals surface area (Å²) in [6.07, 6.45) is 2.25. The molecule has 1 atom stereocenters. The molecule has 0 radical (unpaired) electrons. The van der Waals surface area contributed by atoms with E-state index in [4.69, 9.17) is 10.3 Å². The monoisotopic (exact) mass is 234 g/mol. The van der Waals surface area contributed by atoms with E-state index in [-0.39, 0.29) is 11.9 Å². The van der Waals surface area contributed by atoms with Gasteiger partial charge in [-0.25, -0.2) is 4.39 Å². The van der Waals surface area contributed by atoms with Crippen molar-refractivity contribution in [3.8, 4) is 0 Å². The van der Waals surface area contributed by atoms with Crippen molar-refractivity contribution in [3.63, 3.8) is 0 Å². The van der Waals surface area contributed by atoms with Gasteiger partial charge < -0.3 is 4.42 Å². The summed E-state index contributed by atoms with van der Waals surface area (Å²) in [6.45, 7) is 1.88. The molecule has 4 heteroatoms. The summed E-state index contributed by atoms with van der Waals surface area (Å²) in [5.74, 6) is 6.12. The maximum absolute atomic E-state index is 13.1. The van der Waals surface area contributed by atoms with Gasteiger partial charge in [-0.15, -0.1) is 0 Å². The molecule has 0 bridgehead atoms. The quantitative estimate of drug-likeness (QED) is 0.631. The summed E-state index contributed by atoms with van der Waals surface area (Å²) in [5, 5.41) is 0. The van der Waals surface area contributed by atoms with E-state index >= 15 is 0 Å². The van der Waals surface area contributed by atoms with E-state index in [1.54, 1.807) is 12.3 Å². The fourth-order valence-electron chi connectivity index (χ4n) is 1.91. The Morgan fingerprint density at radius 2 is 2.24 bits per heavy atom. The highest BCUT2D eigenvalue weighted by molar-refractivity contribution is 5.25. The summed E-state index contributed by atoms with van der Waals surface area (Å²) in [4.78, 5) is 0. The van der Waals surface area contributed by atoms with Crippen LogP contribution in [-0.4, -0.2) is 0 Å². The van der Waals surface area contributed by atoms with Crippen molar-refractivity contribution < 1.29 is 8.81 Å². The number of hydrogen-bond donors (Lipinski definition) is 2. The van der Waals surface area contributed by atoms with Crippen LogP contribution in [0.15, 0.2) is 41.0 Å². The van der Waals surface area contributed by atoms with Crippen molar-refractivity contribution in [2.24, 2.45) is 5.84 Å². The number of nitrogens with two attached hydrogens (primary N) is 1. The first-order valence-electron chi connectivity index (χ1n) is 5.45. The van der Waals surface area contributed by atoms with Crippen LogP contribution in [0.1, 0.15) is 22.9 Å². The van der Waals surface area contributed by atoms with Crippen LogP contribution in [0.3, 0.4) is 0 Å². The number of rotatable bonds is 4. The lowest BCUT2D eigenvalue weighted by Crippen LogP contribution is -2.29. The van der Waals surface area contributed by atoms with Crippen molar-refractivity contribution in [2.45, 2.75) is 19.4 Å². The largest absolute Gasteiger partial charge is 0.469 e. The molecule has 1 heterocycles. The van der Waals surface area contributed by atoms with Crippen LogP contribution < -0.4 is 11.3 Å². The minimum absolute atomic E-state index is 0.0736. The van der Waals surface area contributed by atoms with Crippen LogP contribution in [0.5, 0.6) is 0 Å². The van der Waals surface area contributed by atoms with E-state index in [2.05, 4.69) is 5.43 Å². The second-order valence-electron chi connectivity index (χ2n) is 3.99. The summed E-state index contributed by atoms with van der Waals surface area (Å²) in [7, 11) is 0. The third-order valence-electron chi connectivity index (χ3n) is 2.80. The number of furan rings is 1. The summed E-state index contributed by atoms with van der Waals surface area (Å²) in [5.41, 5.74) is 4.62. The Kier molecular flexibility index (Phi) is 3.56. The molecule has 0 fully saturated rings. The van der Waals surface area contributed by atoms with Crippen LogP contribution >= 0.6 is 0 Å². The Bertz CT molecular complexity index is 496. The highest BCUT2D eigenvalue weighted by Gasteiger charge is 2.15. The van der Waals surface area contributed by atoms with E-state index in [9.17, 15) is 4.39 Å². The van der Waals surface area contributed by atoms with Crippen LogP contribution in [0, 0.1) is 12.7 Å². The number of aryl methyl sites for hydroxylation is 1. The highest BCUT2D eigenvalue weighted by atomic mass is 19.1. The Hall–Kier alpha value is -1.65. The van der Waals surface area contributed by atoms with Crippen molar-refractivity contribution in [2.75, 3.05) is 0 Å². The van der Waals surface area contributed by atoms with E-state index in [1.807, 2.05) is 19.1 Å². The molecule has 3 N–H and O–H groups in total. The van der Waals surface area contributed by atoms with E-state index < -0.39 is 0 Å². The Morgan fingerprint density at radius 3 is 2.82 bits per heavy atom. The predicted octanol–water partition coefficient (Wildman–Crippen LogP) is 2.47. The van der Waals surface area contributed by atoms with Gasteiger partial charge in [-0.3, -0.25) is 11.3 Å². The zero-order valence-corrected chi connectivity index (χ0v) is 9.61. The minimum atomic E-state index is -0.234. The predicted molar refractivity (Wildman–Crippen MR) is 63.6 cm³/mol. The van der Waals surface area contributed by atoms with Crippen molar-refractivity contribution in [1.82, 2.24) is 5.43 Å². The number of halogens is 1. The molecule has 2 aromatic rings. The topological polar surface area (TPSA) is 51.2 Å². The number of benzene rings is 1. The molecule has 1 aromatic heterocycles. The maximum Gasteiger partial charge on any atom is 0.123 e. The van der Waals surface area contributed by atoms with Crippen molar-refractivity contribution in [1.29, 1.82) is 0 Å². The van der Waals surface area contributed by atoms with Gasteiger partial charge in [0.25, 0.3) is 0 Å². The molecule has 0 aliphatic rings. The zero-order chi connectivity index (χ0) is 12.3. The lowest BCUT2D eigenvalue weighted by molar-refractivity contribution is 0.501. The number of hydrazine groups is 1. The molecule has 0 amide bonds. The standard InChI is InChI=1S/C13H15FN2O/c1-9-12(5-6-17-9)13(16-15)8-10-3-2-4-11(14)7-10/h2-7,13,16H,8,15H2,1H3. The molecule has 0 saturated heterocycles. The molecule has 17 heavy (non-hydrogen) atoms. The molecule has 0 spiro atoms. The first kappa shape index (κ1) is 11.8. The van der Waals surface area contributed by atoms with Gasteiger partial charge in [-0.2, -0.15) is 0 Å². The first-order valence-corrected chi connectivity index (χ1v) is 5.45. The minimum Gasteiger partial charge on any atom is -0.469 e. The summed E-state index contributed by atoms with van der Waals surface area (Å²) >= 11 is 0. The van der Waals surface area contributed by atoms with Crippen LogP contribution in [-0.2, 0) is 6.42 Å². The molecule has 3 nitrogen and oxygen atoms in total. The van der Waals surface area contributed by atoms with Gasteiger partial charge in [0.15, 0.2) is 0 Å². The Morgan fingerprint density at radius 1 is 1.41 bits per heavy atom. The van der Waals surface area contributed by atoms with Crippen LogP contribution in [0.4, 0.5) is 4.39 Å². The third kappa shape index (κ3) is 2.72. The summed E-state index contributed by atoms with van der Waals surface area (Å²) < 4.78 is 18.3. The lowest BCUT2D eigenvalue weighted by Gasteiger charge is -2.15. The van der Waals surface area contributed by atoms with E-state index in [0.717, 1.165) is 16.9 Å². The Labute approximate surface area is 99.4 Å². The SMILES string of the molecule is Cc1occc1C(Cc1cccc(F)c1)NN.